The van der Waals surface area contributed by atoms with Gasteiger partial charge in [-0.25, -0.2) is 5.06 Å². The average molecular weight is 311 g/mol. The second kappa shape index (κ2) is 7.61. The fourth-order valence-electron chi connectivity index (χ4n) is 2.24. The van der Waals surface area contributed by atoms with E-state index in [9.17, 15) is 4.79 Å². The molecule has 0 spiro atoms. The quantitative estimate of drug-likeness (QED) is 0.624. The van der Waals surface area contributed by atoms with Crippen LogP contribution in [0.5, 0.6) is 5.75 Å². The highest BCUT2D eigenvalue weighted by Crippen LogP contribution is 2.26. The molecular formula is C19H21NO3. The molecule has 120 valence electrons. The third-order valence-corrected chi connectivity index (χ3v) is 3.62. The Labute approximate surface area is 136 Å². The van der Waals surface area contributed by atoms with E-state index in [4.69, 9.17) is 9.57 Å². The molecule has 0 aliphatic rings. The van der Waals surface area contributed by atoms with E-state index in [-0.39, 0.29) is 5.91 Å². The van der Waals surface area contributed by atoms with Crippen LogP contribution in [0.4, 0.5) is 0 Å². The number of hydrogen-bond donors (Lipinski definition) is 0. The van der Waals surface area contributed by atoms with E-state index in [1.165, 1.54) is 18.2 Å². The van der Waals surface area contributed by atoms with E-state index in [1.807, 2.05) is 43.3 Å². The van der Waals surface area contributed by atoms with Crippen LogP contribution < -0.4 is 4.74 Å². The van der Waals surface area contributed by atoms with Gasteiger partial charge in [-0.2, -0.15) is 0 Å². The minimum Gasteiger partial charge on any atom is -0.496 e. The van der Waals surface area contributed by atoms with Crippen LogP contribution in [0.1, 0.15) is 11.1 Å². The van der Waals surface area contributed by atoms with Crippen molar-refractivity contribution in [3.8, 4) is 16.9 Å². The maximum absolute atomic E-state index is 11.7. The van der Waals surface area contributed by atoms with E-state index in [0.717, 1.165) is 28.0 Å². The van der Waals surface area contributed by atoms with Crippen molar-refractivity contribution in [3.05, 3.63) is 59.7 Å². The Morgan fingerprint density at radius 1 is 1.09 bits per heavy atom. The van der Waals surface area contributed by atoms with Gasteiger partial charge in [-0.05, 0) is 53.5 Å². The van der Waals surface area contributed by atoms with E-state index < -0.39 is 0 Å². The van der Waals surface area contributed by atoms with Crippen molar-refractivity contribution < 1.29 is 14.4 Å². The molecule has 2 rings (SSSR count). The Morgan fingerprint density at radius 3 is 2.48 bits per heavy atom. The maximum Gasteiger partial charge on any atom is 0.269 e. The molecule has 0 saturated heterocycles. The van der Waals surface area contributed by atoms with Gasteiger partial charge in [0.15, 0.2) is 0 Å². The summed E-state index contributed by atoms with van der Waals surface area (Å²) >= 11 is 0. The summed E-state index contributed by atoms with van der Waals surface area (Å²) in [5, 5.41) is 1.17. The van der Waals surface area contributed by atoms with Gasteiger partial charge in [0.2, 0.25) is 0 Å². The highest BCUT2D eigenvalue weighted by Gasteiger charge is 2.04. The summed E-state index contributed by atoms with van der Waals surface area (Å²) in [5.74, 6) is 0.663. The Kier molecular flexibility index (Phi) is 5.55. The van der Waals surface area contributed by atoms with Gasteiger partial charge in [0.1, 0.15) is 5.75 Å². The number of ether oxygens (including phenoxy) is 1. The number of carbonyl (C=O) groups is 1. The maximum atomic E-state index is 11.7. The molecule has 0 saturated carbocycles. The number of nitrogens with zero attached hydrogens (tertiary/aromatic N) is 1. The van der Waals surface area contributed by atoms with Gasteiger partial charge in [0.25, 0.3) is 5.91 Å². The molecule has 4 heteroatoms. The summed E-state index contributed by atoms with van der Waals surface area (Å²) in [4.78, 5) is 16.6. The fraction of sp³-hybridized carbons (Fsp3) is 0.211. The lowest BCUT2D eigenvalue weighted by Gasteiger charge is -2.10. The molecule has 23 heavy (non-hydrogen) atoms. The van der Waals surface area contributed by atoms with Gasteiger partial charge in [0.05, 0.1) is 14.2 Å². The highest BCUT2D eigenvalue weighted by atomic mass is 16.7. The van der Waals surface area contributed by atoms with Gasteiger partial charge in [0, 0.05) is 13.1 Å². The Morgan fingerprint density at radius 2 is 1.83 bits per heavy atom. The molecule has 0 radical (unpaired) electrons. The van der Waals surface area contributed by atoms with Crippen LogP contribution in [-0.2, 0) is 9.63 Å². The van der Waals surface area contributed by atoms with E-state index in [1.54, 1.807) is 20.2 Å². The number of aryl methyl sites for hydroxylation is 1. The first kappa shape index (κ1) is 16.8. The zero-order valence-corrected chi connectivity index (χ0v) is 13.9. The number of hydroxylamine groups is 2. The molecule has 0 heterocycles. The molecule has 0 aromatic heterocycles. The number of rotatable bonds is 5. The van der Waals surface area contributed by atoms with Crippen LogP contribution in [0, 0.1) is 6.92 Å². The monoisotopic (exact) mass is 311 g/mol. The van der Waals surface area contributed by atoms with Gasteiger partial charge >= 0.3 is 0 Å². The van der Waals surface area contributed by atoms with Crippen LogP contribution in [0.2, 0.25) is 0 Å². The summed E-state index contributed by atoms with van der Waals surface area (Å²) in [6.07, 6.45) is 3.26. The van der Waals surface area contributed by atoms with Crippen molar-refractivity contribution in [2.24, 2.45) is 0 Å². The Hall–Kier alpha value is -2.59. The fourth-order valence-corrected chi connectivity index (χ4v) is 2.24. The summed E-state index contributed by atoms with van der Waals surface area (Å²) < 4.78 is 5.29. The van der Waals surface area contributed by atoms with Gasteiger partial charge in [-0.1, -0.05) is 24.3 Å². The second-order valence-corrected chi connectivity index (χ2v) is 5.16. The molecule has 0 bridgehead atoms. The number of amides is 1. The van der Waals surface area contributed by atoms with Crippen LogP contribution in [0.3, 0.4) is 0 Å². The summed E-state index contributed by atoms with van der Waals surface area (Å²) in [6, 6.07) is 14.1. The van der Waals surface area contributed by atoms with Crippen molar-refractivity contribution in [3.63, 3.8) is 0 Å². The molecule has 2 aromatic carbocycles. The van der Waals surface area contributed by atoms with Crippen molar-refractivity contribution in [1.29, 1.82) is 0 Å². The van der Waals surface area contributed by atoms with E-state index in [2.05, 4.69) is 6.07 Å². The third kappa shape index (κ3) is 4.20. The number of hydrogen-bond acceptors (Lipinski definition) is 3. The molecule has 0 N–H and O–H groups in total. The SMILES string of the molecule is COc1ccc(-c2cccc(C=CC(=O)N(C)OC)c2)cc1C. The van der Waals surface area contributed by atoms with Gasteiger partial charge < -0.3 is 4.74 Å². The Balaban J connectivity index is 2.25. The van der Waals surface area contributed by atoms with E-state index >= 15 is 0 Å². The Bertz CT molecular complexity index is 722. The standard InChI is InChI=1S/C19H21NO3/c1-14-12-17(9-10-18(14)22-3)16-7-5-6-15(13-16)8-11-19(21)20(2)23-4/h5-13H,1-4H3. The molecule has 0 fully saturated rings. The highest BCUT2D eigenvalue weighted by molar-refractivity contribution is 5.91. The lowest BCUT2D eigenvalue weighted by molar-refractivity contribution is -0.162. The van der Waals surface area contributed by atoms with Crippen molar-refractivity contribution in [2.75, 3.05) is 21.3 Å². The molecule has 4 nitrogen and oxygen atoms in total. The van der Waals surface area contributed by atoms with Gasteiger partial charge in [-0.15, -0.1) is 0 Å². The molecule has 0 unspecified atom stereocenters. The van der Waals surface area contributed by atoms with Crippen LogP contribution in [0.25, 0.3) is 17.2 Å². The van der Waals surface area contributed by atoms with Crippen molar-refractivity contribution in [1.82, 2.24) is 5.06 Å². The first-order valence-electron chi connectivity index (χ1n) is 7.30. The van der Waals surface area contributed by atoms with Crippen LogP contribution in [0.15, 0.2) is 48.5 Å². The number of likely N-dealkylation sites (N-methyl/N-ethyl adjacent to an activating group) is 1. The molecule has 1 amide bonds. The lowest BCUT2D eigenvalue weighted by atomic mass is 10.0. The largest absolute Gasteiger partial charge is 0.496 e. The topological polar surface area (TPSA) is 38.8 Å². The zero-order valence-electron chi connectivity index (χ0n) is 13.9. The normalized spacial score (nSPS) is 10.8. The summed E-state index contributed by atoms with van der Waals surface area (Å²) in [7, 11) is 4.70. The smallest absolute Gasteiger partial charge is 0.269 e. The number of carbonyl (C=O) groups excluding carboxylic acids is 1. The lowest BCUT2D eigenvalue weighted by Crippen LogP contribution is -2.22. The van der Waals surface area contributed by atoms with E-state index in [0.29, 0.717) is 0 Å². The first-order chi connectivity index (χ1) is 11.0. The number of methoxy groups -OCH3 is 1. The molecule has 0 atom stereocenters. The minimum atomic E-state index is -0.210. The predicted molar refractivity (Wildman–Crippen MR) is 92.0 cm³/mol. The molecule has 0 aliphatic heterocycles. The zero-order chi connectivity index (χ0) is 16.8. The summed E-state index contributed by atoms with van der Waals surface area (Å²) in [6.45, 7) is 2.02. The predicted octanol–water partition coefficient (Wildman–Crippen LogP) is 3.70. The molecule has 0 aliphatic carbocycles. The average Bonchev–Trinajstić information content (AvgIpc) is 2.59. The van der Waals surface area contributed by atoms with Gasteiger partial charge in [-0.3, -0.25) is 9.63 Å². The van der Waals surface area contributed by atoms with Crippen LogP contribution >= 0.6 is 0 Å². The minimum absolute atomic E-state index is 0.210. The third-order valence-electron chi connectivity index (χ3n) is 3.62. The van der Waals surface area contributed by atoms with Crippen molar-refractivity contribution in [2.45, 2.75) is 6.92 Å². The number of benzene rings is 2. The second-order valence-electron chi connectivity index (χ2n) is 5.16. The first-order valence-corrected chi connectivity index (χ1v) is 7.30. The van der Waals surface area contributed by atoms with Crippen molar-refractivity contribution >= 4 is 12.0 Å². The summed E-state index contributed by atoms with van der Waals surface area (Å²) in [5.41, 5.74) is 4.24. The van der Waals surface area contributed by atoms with Crippen LogP contribution in [-0.4, -0.2) is 32.2 Å². The molecular weight excluding hydrogens is 290 g/mol. The molecule has 2 aromatic rings.